The van der Waals surface area contributed by atoms with E-state index in [0.717, 1.165) is 16.4 Å². The fraction of sp³-hybridized carbons (Fsp3) is 0.250. The Morgan fingerprint density at radius 1 is 1.41 bits per heavy atom. The number of nitrogens with zero attached hydrogens (tertiary/aromatic N) is 6. The molecule has 2 amide bonds. The summed E-state index contributed by atoms with van der Waals surface area (Å²) in [7, 11) is 1.28. The summed E-state index contributed by atoms with van der Waals surface area (Å²) in [6.07, 6.45) is 5.20. The number of anilines is 1. The van der Waals surface area contributed by atoms with Crippen LogP contribution in [0.2, 0.25) is 0 Å². The lowest BCUT2D eigenvalue weighted by Gasteiger charge is -2.49. The highest BCUT2D eigenvalue weighted by molar-refractivity contribution is 8.01. The van der Waals surface area contributed by atoms with E-state index in [1.807, 2.05) is 4.40 Å². The molecule has 3 aromatic rings. The van der Waals surface area contributed by atoms with Gasteiger partial charge in [0, 0.05) is 34.9 Å². The van der Waals surface area contributed by atoms with Crippen molar-refractivity contribution in [1.82, 2.24) is 29.6 Å². The second-order valence-corrected chi connectivity index (χ2v) is 10.5. The largest absolute Gasteiger partial charge is 0.512 e. The predicted octanol–water partition coefficient (Wildman–Crippen LogP) is 1.22. The van der Waals surface area contributed by atoms with Gasteiger partial charge in [0.2, 0.25) is 5.88 Å². The third kappa shape index (κ3) is 4.79. The molecule has 14 nitrogen and oxygen atoms in total. The number of thiazole rings is 1. The molecule has 0 spiro atoms. The van der Waals surface area contributed by atoms with Crippen LogP contribution in [0.5, 0.6) is 0 Å². The molecule has 17 heteroatoms. The molecule has 2 aliphatic heterocycles. The zero-order valence-electron chi connectivity index (χ0n) is 18.9. The molecule has 1 fully saturated rings. The zero-order chi connectivity index (χ0) is 26.1. The average molecular weight is 563 g/mol. The fourth-order valence-corrected chi connectivity index (χ4v) is 6.68. The van der Waals surface area contributed by atoms with Crippen LogP contribution < -0.4 is 11.1 Å². The quantitative estimate of drug-likeness (QED) is 0.117. The van der Waals surface area contributed by atoms with Gasteiger partial charge < -0.3 is 25.7 Å². The van der Waals surface area contributed by atoms with Crippen LogP contribution in [0.25, 0.3) is 5.65 Å². The number of thioether (sulfide) groups is 2. The van der Waals surface area contributed by atoms with Crippen molar-refractivity contribution in [3.8, 4) is 0 Å². The lowest BCUT2D eigenvalue weighted by molar-refractivity contribution is -0.148. The second-order valence-electron chi connectivity index (χ2n) is 7.52. The molecule has 5 rings (SSSR count). The lowest BCUT2D eigenvalue weighted by atomic mass is 10.1. The number of carbonyl (C=O) groups excluding carboxylic acids is 2. The summed E-state index contributed by atoms with van der Waals surface area (Å²) in [6, 6.07) is -0.930. The highest BCUT2D eigenvalue weighted by atomic mass is 32.2. The summed E-state index contributed by atoms with van der Waals surface area (Å²) in [6.45, 7) is 0. The molecule has 192 valence electrons. The Balaban J connectivity index is 1.33. The summed E-state index contributed by atoms with van der Waals surface area (Å²) >= 11 is 3.91. The Hall–Kier alpha value is -3.83. The van der Waals surface area contributed by atoms with E-state index in [0.29, 0.717) is 22.7 Å². The van der Waals surface area contributed by atoms with Crippen LogP contribution in [0.15, 0.2) is 51.8 Å². The van der Waals surface area contributed by atoms with Crippen molar-refractivity contribution in [2.75, 3.05) is 24.3 Å². The van der Waals surface area contributed by atoms with Gasteiger partial charge in [-0.25, -0.2) is 14.8 Å². The zero-order valence-corrected chi connectivity index (χ0v) is 21.4. The molecule has 2 atom stereocenters. The van der Waals surface area contributed by atoms with Gasteiger partial charge in [-0.1, -0.05) is 5.16 Å². The van der Waals surface area contributed by atoms with E-state index in [1.54, 1.807) is 30.2 Å². The first kappa shape index (κ1) is 24.8. The van der Waals surface area contributed by atoms with Gasteiger partial charge in [0.1, 0.15) is 24.2 Å². The Bertz CT molecular complexity index is 1450. The standard InChI is InChI=1S/C20H18N8O6S3/c1-33-26-13(10-8-37-19(21)24-10)15(29)25-14-16(30)28-17(34-20(31)32)9(7-36-18(14)28)6-35-12-5-22-4-11-23-2-3-27(11)12/h2-5,8,14,18H,6-7H2,1H3,(H2,21,24)(H,25,29)(H,31,32)/b26-13-/t14-,18+/m1/s1. The minimum atomic E-state index is -1.54. The van der Waals surface area contributed by atoms with Gasteiger partial charge in [-0.3, -0.25) is 23.9 Å². The van der Waals surface area contributed by atoms with E-state index in [9.17, 15) is 19.5 Å². The van der Waals surface area contributed by atoms with Crippen molar-refractivity contribution in [3.63, 3.8) is 0 Å². The fourth-order valence-electron chi connectivity index (χ4n) is 3.71. The first-order chi connectivity index (χ1) is 17.9. The lowest BCUT2D eigenvalue weighted by Crippen LogP contribution is -2.70. The molecule has 0 aromatic carbocycles. The number of hydrogen-bond acceptors (Lipinski definition) is 13. The van der Waals surface area contributed by atoms with Gasteiger partial charge in [0.05, 0.1) is 17.4 Å². The number of rotatable bonds is 8. The Morgan fingerprint density at radius 2 is 2.24 bits per heavy atom. The van der Waals surface area contributed by atoms with Gasteiger partial charge in [0.15, 0.2) is 16.5 Å². The smallest absolute Gasteiger partial charge is 0.449 e. The molecule has 0 radical (unpaired) electrons. The van der Waals surface area contributed by atoms with Crippen LogP contribution in [0, 0.1) is 0 Å². The highest BCUT2D eigenvalue weighted by Gasteiger charge is 2.54. The number of hydrogen-bond donors (Lipinski definition) is 3. The van der Waals surface area contributed by atoms with Crippen LogP contribution in [0.4, 0.5) is 9.93 Å². The molecule has 1 saturated heterocycles. The number of nitrogen functional groups attached to an aromatic ring is 1. The molecule has 3 aromatic heterocycles. The van der Waals surface area contributed by atoms with Gasteiger partial charge in [-0.2, -0.15) is 0 Å². The number of carbonyl (C=O) groups is 3. The van der Waals surface area contributed by atoms with E-state index in [-0.39, 0.29) is 22.4 Å². The van der Waals surface area contributed by atoms with Crippen LogP contribution in [-0.4, -0.2) is 83.1 Å². The van der Waals surface area contributed by atoms with Gasteiger partial charge in [-0.05, 0) is 0 Å². The maximum Gasteiger partial charge on any atom is 0.512 e. The number of nitrogens with one attached hydrogen (secondary N) is 1. The summed E-state index contributed by atoms with van der Waals surface area (Å²) in [5.74, 6) is -0.526. The van der Waals surface area contributed by atoms with Crippen molar-refractivity contribution in [1.29, 1.82) is 0 Å². The molecule has 37 heavy (non-hydrogen) atoms. The monoisotopic (exact) mass is 562 g/mol. The van der Waals surface area contributed by atoms with Crippen molar-refractivity contribution >= 4 is 69.3 Å². The molecule has 2 aliphatic rings. The molecule has 4 N–H and O–H groups in total. The topological polar surface area (TPSA) is 187 Å². The van der Waals surface area contributed by atoms with Crippen molar-refractivity contribution in [3.05, 3.63) is 47.3 Å². The minimum Gasteiger partial charge on any atom is -0.449 e. The van der Waals surface area contributed by atoms with Gasteiger partial charge in [0.25, 0.3) is 11.8 Å². The number of imidazole rings is 1. The summed E-state index contributed by atoms with van der Waals surface area (Å²) in [5.41, 5.74) is 7.01. The van der Waals surface area contributed by atoms with Crippen LogP contribution in [0.1, 0.15) is 5.69 Å². The Morgan fingerprint density at radius 3 is 2.97 bits per heavy atom. The third-order valence-corrected chi connectivity index (χ3v) is 8.41. The van der Waals surface area contributed by atoms with Crippen molar-refractivity contribution < 1.29 is 29.1 Å². The number of ether oxygens (including phenoxy) is 1. The first-order valence-corrected chi connectivity index (χ1v) is 13.4. The molecule has 5 heterocycles. The molecule has 0 bridgehead atoms. The Kier molecular flexibility index (Phi) is 6.90. The number of β-lactam (4-membered cyclic amide) rings is 1. The summed E-state index contributed by atoms with van der Waals surface area (Å²) < 4.78 is 6.89. The summed E-state index contributed by atoms with van der Waals surface area (Å²) in [4.78, 5) is 55.8. The normalized spacial score (nSPS) is 19.4. The van der Waals surface area contributed by atoms with Gasteiger partial charge in [-0.15, -0.1) is 34.9 Å². The van der Waals surface area contributed by atoms with Gasteiger partial charge >= 0.3 is 6.16 Å². The first-order valence-electron chi connectivity index (χ1n) is 10.5. The predicted molar refractivity (Wildman–Crippen MR) is 135 cm³/mol. The van der Waals surface area contributed by atoms with E-state index in [1.165, 1.54) is 35.5 Å². The van der Waals surface area contributed by atoms with E-state index < -0.39 is 29.4 Å². The molecule has 0 saturated carbocycles. The van der Waals surface area contributed by atoms with E-state index in [4.69, 9.17) is 15.3 Å². The number of amides is 2. The molecular weight excluding hydrogens is 544 g/mol. The van der Waals surface area contributed by atoms with Crippen LogP contribution in [0.3, 0.4) is 0 Å². The number of nitrogens with two attached hydrogens (primary N) is 1. The van der Waals surface area contributed by atoms with Crippen molar-refractivity contribution in [2.45, 2.75) is 16.4 Å². The number of oxime groups is 1. The van der Waals surface area contributed by atoms with E-state index in [2.05, 4.69) is 25.4 Å². The van der Waals surface area contributed by atoms with E-state index >= 15 is 0 Å². The van der Waals surface area contributed by atoms with Crippen LogP contribution in [-0.2, 0) is 19.2 Å². The summed E-state index contributed by atoms with van der Waals surface area (Å²) in [5, 5.41) is 17.7. The molecule has 0 aliphatic carbocycles. The average Bonchev–Trinajstić information content (AvgIpc) is 3.53. The molecule has 0 unspecified atom stereocenters. The van der Waals surface area contributed by atoms with Crippen molar-refractivity contribution in [2.24, 2.45) is 5.16 Å². The molecular formula is C20H18N8O6S3. The second kappa shape index (κ2) is 10.3. The Labute approximate surface area is 220 Å². The minimum absolute atomic E-state index is 0.0527. The van der Waals surface area contributed by atoms with Crippen LogP contribution >= 0.6 is 34.9 Å². The third-order valence-electron chi connectivity index (χ3n) is 5.30. The number of aromatic nitrogens is 4. The SMILES string of the molecule is CO/N=C(\C(=O)N[C@@H]1C(=O)N2C(OC(=O)O)=C(CSc3cncc4nccn34)CS[C@@H]12)c1csc(N)n1. The number of carboxylic acid groups (broad SMARTS) is 1. The highest BCUT2D eigenvalue weighted by Crippen LogP contribution is 2.42. The maximum atomic E-state index is 13.1. The number of fused-ring (bicyclic) bond motifs is 2. The maximum absolute atomic E-state index is 13.1.